The predicted octanol–water partition coefficient (Wildman–Crippen LogP) is 3.18. The molecule has 0 fully saturated rings. The van der Waals surface area contributed by atoms with Crippen LogP contribution in [0.5, 0.6) is 5.75 Å². The summed E-state index contributed by atoms with van der Waals surface area (Å²) >= 11 is 0. The van der Waals surface area contributed by atoms with Gasteiger partial charge in [-0.25, -0.2) is 4.79 Å². The van der Waals surface area contributed by atoms with Gasteiger partial charge in [-0.1, -0.05) is 30.3 Å². The lowest BCUT2D eigenvalue weighted by molar-refractivity contribution is 0.0693. The van der Waals surface area contributed by atoms with Crippen molar-refractivity contribution in [2.45, 2.75) is 26.4 Å². The first-order valence-corrected chi connectivity index (χ1v) is 7.76. The number of nitrogens with zero attached hydrogens (tertiary/aromatic N) is 1. The molecule has 0 radical (unpaired) electrons. The Morgan fingerprint density at radius 1 is 1.08 bits per heavy atom. The SMILES string of the molecule is CC(C)N(CC(=O)c1ccc(O)c(C(=O)O)c1)Cc1ccccc1. The third kappa shape index (κ3) is 4.43. The van der Waals surface area contributed by atoms with Gasteiger partial charge in [-0.3, -0.25) is 9.69 Å². The first kappa shape index (κ1) is 17.7. The third-order valence-corrected chi connectivity index (χ3v) is 3.85. The summed E-state index contributed by atoms with van der Waals surface area (Å²) in [5, 5.41) is 18.6. The topological polar surface area (TPSA) is 77.8 Å². The van der Waals surface area contributed by atoms with Crippen LogP contribution in [0.1, 0.15) is 40.1 Å². The molecule has 0 saturated carbocycles. The van der Waals surface area contributed by atoms with Crippen molar-refractivity contribution in [3.63, 3.8) is 0 Å². The van der Waals surface area contributed by atoms with Crippen molar-refractivity contribution in [1.82, 2.24) is 4.90 Å². The van der Waals surface area contributed by atoms with Crippen molar-refractivity contribution < 1.29 is 19.8 Å². The molecule has 0 heterocycles. The van der Waals surface area contributed by atoms with E-state index < -0.39 is 5.97 Å². The van der Waals surface area contributed by atoms with Crippen LogP contribution in [0, 0.1) is 0 Å². The van der Waals surface area contributed by atoms with Gasteiger partial charge in [0.2, 0.25) is 0 Å². The Bertz CT molecular complexity index is 725. The molecule has 5 heteroatoms. The molecule has 0 atom stereocenters. The fraction of sp³-hybridized carbons (Fsp3) is 0.263. The van der Waals surface area contributed by atoms with E-state index in [-0.39, 0.29) is 35.2 Å². The van der Waals surface area contributed by atoms with Gasteiger partial charge in [-0.05, 0) is 37.6 Å². The zero-order chi connectivity index (χ0) is 17.7. The minimum Gasteiger partial charge on any atom is -0.507 e. The van der Waals surface area contributed by atoms with E-state index in [2.05, 4.69) is 0 Å². The molecule has 126 valence electrons. The number of aromatic carboxylic acids is 1. The number of phenols is 1. The van der Waals surface area contributed by atoms with E-state index in [1.165, 1.54) is 18.2 Å². The average molecular weight is 327 g/mol. The number of Topliss-reactive ketones (excluding diaryl/α,β-unsaturated/α-hetero) is 1. The smallest absolute Gasteiger partial charge is 0.339 e. The maximum atomic E-state index is 12.5. The number of carbonyl (C=O) groups is 2. The normalized spacial score (nSPS) is 11.0. The van der Waals surface area contributed by atoms with Gasteiger partial charge in [0.25, 0.3) is 0 Å². The van der Waals surface area contributed by atoms with Gasteiger partial charge in [-0.15, -0.1) is 0 Å². The Kier molecular flexibility index (Phi) is 5.71. The molecule has 2 aromatic rings. The van der Waals surface area contributed by atoms with Gasteiger partial charge >= 0.3 is 5.97 Å². The third-order valence-electron chi connectivity index (χ3n) is 3.85. The number of carboxylic acid groups (broad SMARTS) is 1. The van der Waals surface area contributed by atoms with Gasteiger partial charge in [0.15, 0.2) is 5.78 Å². The number of hydrogen-bond acceptors (Lipinski definition) is 4. The molecule has 0 aliphatic carbocycles. The van der Waals surface area contributed by atoms with E-state index in [1.807, 2.05) is 49.1 Å². The van der Waals surface area contributed by atoms with Crippen LogP contribution >= 0.6 is 0 Å². The fourth-order valence-electron chi connectivity index (χ4n) is 2.40. The number of carboxylic acids is 1. The fourth-order valence-corrected chi connectivity index (χ4v) is 2.40. The Morgan fingerprint density at radius 3 is 2.33 bits per heavy atom. The van der Waals surface area contributed by atoms with Gasteiger partial charge in [0, 0.05) is 18.2 Å². The molecular formula is C19H21NO4. The minimum absolute atomic E-state index is 0.158. The van der Waals surface area contributed by atoms with Crippen LogP contribution in [0.2, 0.25) is 0 Å². The lowest BCUT2D eigenvalue weighted by Crippen LogP contribution is -2.35. The van der Waals surface area contributed by atoms with Crippen LogP contribution in [0.3, 0.4) is 0 Å². The number of rotatable bonds is 7. The maximum absolute atomic E-state index is 12.5. The number of benzene rings is 2. The van der Waals surface area contributed by atoms with Crippen molar-refractivity contribution in [3.05, 3.63) is 65.2 Å². The summed E-state index contributed by atoms with van der Waals surface area (Å²) in [6.45, 7) is 4.83. The van der Waals surface area contributed by atoms with Crippen LogP contribution in [0.15, 0.2) is 48.5 Å². The summed E-state index contributed by atoms with van der Waals surface area (Å²) in [7, 11) is 0. The second-order valence-corrected chi connectivity index (χ2v) is 5.94. The largest absolute Gasteiger partial charge is 0.507 e. The van der Waals surface area contributed by atoms with Crippen LogP contribution in [0.25, 0.3) is 0 Å². The van der Waals surface area contributed by atoms with Crippen LogP contribution in [-0.4, -0.2) is 39.5 Å². The summed E-state index contributed by atoms with van der Waals surface area (Å²) in [6, 6.07) is 13.9. The molecule has 2 rings (SSSR count). The molecule has 0 spiro atoms. The molecule has 0 bridgehead atoms. The lowest BCUT2D eigenvalue weighted by atomic mass is 10.0. The molecule has 0 amide bonds. The van der Waals surface area contributed by atoms with Crippen LogP contribution in [-0.2, 0) is 6.54 Å². The molecular weight excluding hydrogens is 306 g/mol. The van der Waals surface area contributed by atoms with Crippen LogP contribution < -0.4 is 0 Å². The highest BCUT2D eigenvalue weighted by molar-refractivity contribution is 6.01. The molecule has 2 aromatic carbocycles. The van der Waals surface area contributed by atoms with Crippen molar-refractivity contribution in [2.24, 2.45) is 0 Å². The van der Waals surface area contributed by atoms with Crippen molar-refractivity contribution in [2.75, 3.05) is 6.54 Å². The maximum Gasteiger partial charge on any atom is 0.339 e. The van der Waals surface area contributed by atoms with E-state index in [4.69, 9.17) is 5.11 Å². The summed E-state index contributed by atoms with van der Waals surface area (Å²) in [5.41, 5.74) is 1.12. The Labute approximate surface area is 141 Å². The monoisotopic (exact) mass is 327 g/mol. The summed E-state index contributed by atoms with van der Waals surface area (Å²) in [6.07, 6.45) is 0. The van der Waals surface area contributed by atoms with E-state index in [0.29, 0.717) is 6.54 Å². The predicted molar refractivity (Wildman–Crippen MR) is 91.4 cm³/mol. The molecule has 24 heavy (non-hydrogen) atoms. The highest BCUT2D eigenvalue weighted by Crippen LogP contribution is 2.19. The Morgan fingerprint density at radius 2 is 1.75 bits per heavy atom. The van der Waals surface area contributed by atoms with Gasteiger partial charge in [0.05, 0.1) is 6.54 Å². The quantitative estimate of drug-likeness (QED) is 0.764. The van der Waals surface area contributed by atoms with Crippen molar-refractivity contribution >= 4 is 11.8 Å². The summed E-state index contributed by atoms with van der Waals surface area (Å²) < 4.78 is 0. The molecule has 0 aliphatic rings. The van der Waals surface area contributed by atoms with Crippen molar-refractivity contribution in [3.8, 4) is 5.75 Å². The van der Waals surface area contributed by atoms with E-state index in [1.54, 1.807) is 0 Å². The molecule has 0 aliphatic heterocycles. The molecule has 5 nitrogen and oxygen atoms in total. The second-order valence-electron chi connectivity index (χ2n) is 5.94. The minimum atomic E-state index is -1.26. The Hall–Kier alpha value is -2.66. The van der Waals surface area contributed by atoms with Gasteiger partial charge in [0.1, 0.15) is 11.3 Å². The number of hydrogen-bond donors (Lipinski definition) is 2. The number of carbonyl (C=O) groups excluding carboxylic acids is 1. The summed E-state index contributed by atoms with van der Waals surface area (Å²) in [4.78, 5) is 25.6. The summed E-state index contributed by atoms with van der Waals surface area (Å²) in [5.74, 6) is -1.78. The number of ketones is 1. The van der Waals surface area contributed by atoms with Crippen molar-refractivity contribution in [1.29, 1.82) is 0 Å². The Balaban J connectivity index is 2.16. The number of aromatic hydroxyl groups is 1. The van der Waals surface area contributed by atoms with Gasteiger partial charge < -0.3 is 10.2 Å². The highest BCUT2D eigenvalue weighted by Gasteiger charge is 2.18. The zero-order valence-electron chi connectivity index (χ0n) is 13.8. The molecule has 0 unspecified atom stereocenters. The first-order chi connectivity index (χ1) is 11.4. The van der Waals surface area contributed by atoms with E-state index in [0.717, 1.165) is 5.56 Å². The molecule has 0 saturated heterocycles. The lowest BCUT2D eigenvalue weighted by Gasteiger charge is -2.26. The highest BCUT2D eigenvalue weighted by atomic mass is 16.4. The molecule has 2 N–H and O–H groups in total. The standard InChI is InChI=1S/C19H21NO4/c1-13(2)20(11-14-6-4-3-5-7-14)12-18(22)15-8-9-17(21)16(10-15)19(23)24/h3-10,13,21H,11-12H2,1-2H3,(H,23,24). The second kappa shape index (κ2) is 7.75. The van der Waals surface area contributed by atoms with Gasteiger partial charge in [-0.2, -0.15) is 0 Å². The molecule has 0 aromatic heterocycles. The van der Waals surface area contributed by atoms with E-state index >= 15 is 0 Å². The average Bonchev–Trinajstić information content (AvgIpc) is 2.55. The zero-order valence-corrected chi connectivity index (χ0v) is 13.8. The van der Waals surface area contributed by atoms with E-state index in [9.17, 15) is 14.7 Å². The van der Waals surface area contributed by atoms with Crippen LogP contribution in [0.4, 0.5) is 0 Å². The first-order valence-electron chi connectivity index (χ1n) is 7.76.